The molecule has 0 N–H and O–H groups in total. The molecule has 1 spiro atoms. The number of ketones is 1. The standard InChI is InChI=1S/C12H16N2O/c1-14-8-10(7-13-14)11(15)9-5-12(6-9)3-2-4-12/h7-9H,2-6H2,1H3. The van der Waals surface area contributed by atoms with E-state index in [1.54, 1.807) is 10.9 Å². The Morgan fingerprint density at radius 3 is 2.73 bits per heavy atom. The van der Waals surface area contributed by atoms with Crippen LogP contribution in [0.1, 0.15) is 42.5 Å². The minimum atomic E-state index is 0.287. The molecule has 3 heteroatoms. The molecule has 0 bridgehead atoms. The Hall–Kier alpha value is -1.12. The molecule has 1 aromatic rings. The highest BCUT2D eigenvalue weighted by Gasteiger charge is 2.50. The Morgan fingerprint density at radius 1 is 1.53 bits per heavy atom. The van der Waals surface area contributed by atoms with E-state index in [-0.39, 0.29) is 5.92 Å². The molecular weight excluding hydrogens is 188 g/mol. The van der Waals surface area contributed by atoms with Gasteiger partial charge in [-0.05, 0) is 31.1 Å². The van der Waals surface area contributed by atoms with Crippen LogP contribution in [0.3, 0.4) is 0 Å². The van der Waals surface area contributed by atoms with Crippen molar-refractivity contribution in [2.24, 2.45) is 18.4 Å². The Labute approximate surface area is 89.5 Å². The zero-order valence-electron chi connectivity index (χ0n) is 9.07. The van der Waals surface area contributed by atoms with Crippen LogP contribution in [-0.2, 0) is 7.05 Å². The quantitative estimate of drug-likeness (QED) is 0.692. The number of carbonyl (C=O) groups is 1. The number of rotatable bonds is 2. The van der Waals surface area contributed by atoms with Gasteiger partial charge < -0.3 is 0 Å². The summed E-state index contributed by atoms with van der Waals surface area (Å²) in [4.78, 5) is 12.0. The van der Waals surface area contributed by atoms with E-state index in [0.29, 0.717) is 11.2 Å². The molecule has 2 aliphatic rings. The van der Waals surface area contributed by atoms with Crippen LogP contribution >= 0.6 is 0 Å². The van der Waals surface area contributed by atoms with Crippen molar-refractivity contribution >= 4 is 5.78 Å². The van der Waals surface area contributed by atoms with Crippen molar-refractivity contribution in [3.63, 3.8) is 0 Å². The van der Waals surface area contributed by atoms with E-state index in [9.17, 15) is 4.79 Å². The maximum atomic E-state index is 12.0. The van der Waals surface area contributed by atoms with Crippen molar-refractivity contribution in [1.82, 2.24) is 9.78 Å². The maximum Gasteiger partial charge on any atom is 0.169 e. The Bertz CT molecular complexity index is 396. The van der Waals surface area contributed by atoms with Crippen molar-refractivity contribution in [3.05, 3.63) is 18.0 Å². The van der Waals surface area contributed by atoms with Gasteiger partial charge in [-0.2, -0.15) is 5.10 Å². The van der Waals surface area contributed by atoms with Crippen molar-refractivity contribution in [2.75, 3.05) is 0 Å². The van der Waals surface area contributed by atoms with Gasteiger partial charge in [-0.1, -0.05) is 6.42 Å². The predicted molar refractivity (Wildman–Crippen MR) is 56.5 cm³/mol. The number of aromatic nitrogens is 2. The summed E-state index contributed by atoms with van der Waals surface area (Å²) < 4.78 is 1.70. The number of aryl methyl sites for hydroxylation is 1. The highest BCUT2D eigenvalue weighted by molar-refractivity contribution is 5.98. The van der Waals surface area contributed by atoms with Gasteiger partial charge in [-0.15, -0.1) is 0 Å². The van der Waals surface area contributed by atoms with Crippen LogP contribution in [-0.4, -0.2) is 15.6 Å². The maximum absolute atomic E-state index is 12.0. The average molecular weight is 204 g/mol. The number of nitrogens with zero attached hydrogens (tertiary/aromatic N) is 2. The van der Waals surface area contributed by atoms with Crippen LogP contribution in [0.15, 0.2) is 12.4 Å². The second kappa shape index (κ2) is 2.94. The largest absolute Gasteiger partial charge is 0.294 e. The van der Waals surface area contributed by atoms with Crippen LogP contribution in [0.4, 0.5) is 0 Å². The number of carbonyl (C=O) groups excluding carboxylic acids is 1. The van der Waals surface area contributed by atoms with E-state index in [2.05, 4.69) is 5.10 Å². The first kappa shape index (κ1) is 9.13. The number of hydrogen-bond acceptors (Lipinski definition) is 2. The molecule has 0 aromatic carbocycles. The van der Waals surface area contributed by atoms with Gasteiger partial charge in [0.1, 0.15) is 0 Å². The van der Waals surface area contributed by atoms with Crippen LogP contribution in [0.2, 0.25) is 0 Å². The van der Waals surface area contributed by atoms with Crippen molar-refractivity contribution in [2.45, 2.75) is 32.1 Å². The van der Waals surface area contributed by atoms with E-state index in [1.165, 1.54) is 19.3 Å². The lowest BCUT2D eigenvalue weighted by Gasteiger charge is -2.53. The van der Waals surface area contributed by atoms with Gasteiger partial charge in [-0.25, -0.2) is 0 Å². The Balaban J connectivity index is 1.67. The van der Waals surface area contributed by atoms with Gasteiger partial charge in [-0.3, -0.25) is 9.48 Å². The smallest absolute Gasteiger partial charge is 0.169 e. The van der Waals surface area contributed by atoms with E-state index in [1.807, 2.05) is 13.2 Å². The molecule has 2 aliphatic carbocycles. The molecular formula is C12H16N2O. The van der Waals surface area contributed by atoms with Gasteiger partial charge >= 0.3 is 0 Å². The normalized spacial score (nSPS) is 23.5. The third kappa shape index (κ3) is 1.33. The summed E-state index contributed by atoms with van der Waals surface area (Å²) in [6.45, 7) is 0. The molecule has 2 fully saturated rings. The molecule has 2 saturated carbocycles. The molecule has 1 heterocycles. The van der Waals surface area contributed by atoms with Crippen molar-refractivity contribution in [3.8, 4) is 0 Å². The average Bonchev–Trinajstić information content (AvgIpc) is 2.46. The lowest BCUT2D eigenvalue weighted by molar-refractivity contribution is -0.0150. The lowest BCUT2D eigenvalue weighted by atomic mass is 9.51. The molecule has 15 heavy (non-hydrogen) atoms. The second-order valence-electron chi connectivity index (χ2n) is 5.23. The van der Waals surface area contributed by atoms with Gasteiger partial charge in [0.25, 0.3) is 0 Å². The third-order valence-electron chi connectivity index (χ3n) is 4.13. The molecule has 3 nitrogen and oxygen atoms in total. The van der Waals surface area contributed by atoms with Crippen LogP contribution in [0.25, 0.3) is 0 Å². The van der Waals surface area contributed by atoms with Crippen LogP contribution in [0.5, 0.6) is 0 Å². The van der Waals surface area contributed by atoms with Crippen molar-refractivity contribution in [1.29, 1.82) is 0 Å². The molecule has 0 saturated heterocycles. The molecule has 0 unspecified atom stereocenters. The van der Waals surface area contributed by atoms with E-state index in [0.717, 1.165) is 18.4 Å². The van der Waals surface area contributed by atoms with Crippen LogP contribution in [0, 0.1) is 11.3 Å². The topological polar surface area (TPSA) is 34.9 Å². The summed E-state index contributed by atoms with van der Waals surface area (Å²) in [5.41, 5.74) is 1.37. The minimum Gasteiger partial charge on any atom is -0.294 e. The van der Waals surface area contributed by atoms with Gasteiger partial charge in [0.2, 0.25) is 0 Å². The van der Waals surface area contributed by atoms with Crippen molar-refractivity contribution < 1.29 is 4.79 Å². The number of hydrogen-bond donors (Lipinski definition) is 0. The summed E-state index contributed by atoms with van der Waals surface area (Å²) >= 11 is 0. The summed E-state index contributed by atoms with van der Waals surface area (Å²) in [6.07, 6.45) is 9.84. The van der Waals surface area contributed by atoms with E-state index < -0.39 is 0 Å². The van der Waals surface area contributed by atoms with Gasteiger partial charge in [0, 0.05) is 19.2 Å². The predicted octanol–water partition coefficient (Wildman–Crippen LogP) is 2.18. The highest BCUT2D eigenvalue weighted by atomic mass is 16.1. The molecule has 0 aliphatic heterocycles. The van der Waals surface area contributed by atoms with E-state index in [4.69, 9.17) is 0 Å². The SMILES string of the molecule is Cn1cc(C(=O)C2CC3(CCC3)C2)cn1. The Kier molecular flexibility index (Phi) is 1.79. The lowest BCUT2D eigenvalue weighted by Crippen LogP contribution is -2.45. The zero-order chi connectivity index (χ0) is 10.5. The first-order valence-electron chi connectivity index (χ1n) is 5.71. The van der Waals surface area contributed by atoms with Gasteiger partial charge in [0.15, 0.2) is 5.78 Å². The minimum absolute atomic E-state index is 0.287. The molecule has 0 atom stereocenters. The van der Waals surface area contributed by atoms with Gasteiger partial charge in [0.05, 0.1) is 11.8 Å². The fraction of sp³-hybridized carbons (Fsp3) is 0.667. The summed E-state index contributed by atoms with van der Waals surface area (Å²) in [5.74, 6) is 0.593. The third-order valence-corrected chi connectivity index (χ3v) is 4.13. The van der Waals surface area contributed by atoms with Crippen LogP contribution < -0.4 is 0 Å². The highest BCUT2D eigenvalue weighted by Crippen LogP contribution is 2.59. The molecule has 0 radical (unpaired) electrons. The summed E-state index contributed by atoms with van der Waals surface area (Å²) in [6, 6.07) is 0. The number of Topliss-reactive ketones (excluding diaryl/α,β-unsaturated/α-hetero) is 1. The first-order chi connectivity index (χ1) is 7.19. The Morgan fingerprint density at radius 2 is 2.27 bits per heavy atom. The monoisotopic (exact) mass is 204 g/mol. The zero-order valence-corrected chi connectivity index (χ0v) is 9.07. The summed E-state index contributed by atoms with van der Waals surface area (Å²) in [7, 11) is 1.85. The molecule has 1 aromatic heterocycles. The first-order valence-corrected chi connectivity index (χ1v) is 5.71. The summed E-state index contributed by atoms with van der Waals surface area (Å²) in [5, 5.41) is 4.04. The fourth-order valence-corrected chi connectivity index (χ4v) is 3.04. The molecule has 80 valence electrons. The molecule has 3 rings (SSSR count). The molecule has 0 amide bonds. The second-order valence-corrected chi connectivity index (χ2v) is 5.23. The fourth-order valence-electron chi connectivity index (χ4n) is 3.04. The van der Waals surface area contributed by atoms with E-state index >= 15 is 0 Å².